The minimum absolute atomic E-state index is 0.472. The Hall–Kier alpha value is 0.140. The van der Waals surface area contributed by atoms with E-state index in [1.165, 1.54) is 15.1 Å². The standard InChI is InChI=1S/C11H18BrNS/c1-4-8(2)7-13-9(3)10-5-6-11(12)14-10/h5-6,8-9,13H,4,7H2,1-3H3. The molecule has 2 atom stereocenters. The van der Waals surface area contributed by atoms with Crippen molar-refractivity contribution < 1.29 is 0 Å². The van der Waals surface area contributed by atoms with Gasteiger partial charge in [0.2, 0.25) is 0 Å². The Morgan fingerprint density at radius 3 is 2.64 bits per heavy atom. The average Bonchev–Trinajstić information content (AvgIpc) is 2.60. The summed E-state index contributed by atoms with van der Waals surface area (Å²) in [6, 6.07) is 4.77. The summed E-state index contributed by atoms with van der Waals surface area (Å²) >= 11 is 5.29. The maximum absolute atomic E-state index is 3.55. The maximum Gasteiger partial charge on any atom is 0.0701 e. The van der Waals surface area contributed by atoms with E-state index in [0.29, 0.717) is 6.04 Å². The van der Waals surface area contributed by atoms with Gasteiger partial charge in [0, 0.05) is 10.9 Å². The average molecular weight is 276 g/mol. The van der Waals surface area contributed by atoms with Gasteiger partial charge in [-0.25, -0.2) is 0 Å². The van der Waals surface area contributed by atoms with Gasteiger partial charge in [0.15, 0.2) is 0 Å². The number of hydrogen-bond donors (Lipinski definition) is 1. The molecule has 1 aromatic rings. The van der Waals surface area contributed by atoms with Crippen molar-refractivity contribution in [3.05, 3.63) is 20.8 Å². The summed E-state index contributed by atoms with van der Waals surface area (Å²) in [5, 5.41) is 3.55. The fourth-order valence-electron chi connectivity index (χ4n) is 1.18. The zero-order chi connectivity index (χ0) is 10.6. The lowest BCUT2D eigenvalue weighted by Gasteiger charge is -2.15. The first-order valence-electron chi connectivity index (χ1n) is 5.12. The van der Waals surface area contributed by atoms with Crippen LogP contribution in [0.2, 0.25) is 0 Å². The van der Waals surface area contributed by atoms with Gasteiger partial charge in [0.1, 0.15) is 0 Å². The Kier molecular flexibility index (Phi) is 5.13. The molecule has 1 rings (SSSR count). The van der Waals surface area contributed by atoms with Crippen LogP contribution in [0.25, 0.3) is 0 Å². The molecule has 14 heavy (non-hydrogen) atoms. The minimum atomic E-state index is 0.472. The predicted octanol–water partition coefficient (Wildman–Crippen LogP) is 4.21. The highest BCUT2D eigenvalue weighted by Gasteiger charge is 2.08. The molecule has 1 N–H and O–H groups in total. The molecule has 1 nitrogen and oxygen atoms in total. The summed E-state index contributed by atoms with van der Waals surface area (Å²) in [7, 11) is 0. The lowest BCUT2D eigenvalue weighted by atomic mass is 10.1. The van der Waals surface area contributed by atoms with Gasteiger partial charge < -0.3 is 5.32 Å². The van der Waals surface area contributed by atoms with Gasteiger partial charge in [-0.1, -0.05) is 20.3 Å². The highest BCUT2D eigenvalue weighted by atomic mass is 79.9. The van der Waals surface area contributed by atoms with Gasteiger partial charge >= 0.3 is 0 Å². The molecule has 0 aliphatic carbocycles. The molecule has 1 heterocycles. The quantitative estimate of drug-likeness (QED) is 0.849. The predicted molar refractivity (Wildman–Crippen MR) is 67.9 cm³/mol. The number of thiophene rings is 1. The zero-order valence-corrected chi connectivity index (χ0v) is 11.4. The van der Waals surface area contributed by atoms with E-state index in [2.05, 4.69) is 54.2 Å². The Labute approximate surface area is 99.0 Å². The molecule has 2 unspecified atom stereocenters. The van der Waals surface area contributed by atoms with Gasteiger partial charge in [-0.3, -0.25) is 0 Å². The van der Waals surface area contributed by atoms with E-state index in [0.717, 1.165) is 12.5 Å². The summed E-state index contributed by atoms with van der Waals surface area (Å²) in [5.74, 6) is 0.765. The Bertz CT molecular complexity index is 272. The third-order valence-corrected chi connectivity index (χ3v) is 4.30. The first kappa shape index (κ1) is 12.2. The highest BCUT2D eigenvalue weighted by molar-refractivity contribution is 9.11. The second-order valence-electron chi connectivity index (χ2n) is 3.79. The van der Waals surface area contributed by atoms with E-state index in [4.69, 9.17) is 0 Å². The van der Waals surface area contributed by atoms with Crippen LogP contribution in [0.15, 0.2) is 15.9 Å². The van der Waals surface area contributed by atoms with E-state index in [1.807, 2.05) is 11.3 Å². The molecule has 0 radical (unpaired) electrons. The number of hydrogen-bond acceptors (Lipinski definition) is 2. The zero-order valence-electron chi connectivity index (χ0n) is 9.01. The highest BCUT2D eigenvalue weighted by Crippen LogP contribution is 2.27. The maximum atomic E-state index is 3.55. The first-order valence-corrected chi connectivity index (χ1v) is 6.73. The van der Waals surface area contributed by atoms with Crippen LogP contribution < -0.4 is 5.32 Å². The lowest BCUT2D eigenvalue weighted by molar-refractivity contribution is 0.464. The van der Waals surface area contributed by atoms with E-state index in [9.17, 15) is 0 Å². The summed E-state index contributed by atoms with van der Waals surface area (Å²) in [6.45, 7) is 7.84. The molecule has 0 saturated heterocycles. The number of nitrogens with one attached hydrogen (secondary N) is 1. The molecule has 0 aliphatic heterocycles. The summed E-state index contributed by atoms with van der Waals surface area (Å²) in [6.07, 6.45) is 1.24. The van der Waals surface area contributed by atoms with Crippen LogP contribution in [-0.4, -0.2) is 6.54 Å². The molecule has 0 saturated carbocycles. The van der Waals surface area contributed by atoms with Crippen LogP contribution in [0.4, 0.5) is 0 Å². The Balaban J connectivity index is 2.39. The van der Waals surface area contributed by atoms with Gasteiger partial charge in [-0.2, -0.15) is 0 Å². The molecule has 0 spiro atoms. The Morgan fingerprint density at radius 2 is 2.14 bits per heavy atom. The van der Waals surface area contributed by atoms with Crippen LogP contribution in [0.5, 0.6) is 0 Å². The van der Waals surface area contributed by atoms with Gasteiger partial charge in [0.25, 0.3) is 0 Å². The van der Waals surface area contributed by atoms with Crippen molar-refractivity contribution in [1.29, 1.82) is 0 Å². The lowest BCUT2D eigenvalue weighted by Crippen LogP contribution is -2.23. The third kappa shape index (κ3) is 3.71. The molecule has 0 fully saturated rings. The summed E-state index contributed by atoms with van der Waals surface area (Å²) in [4.78, 5) is 1.40. The topological polar surface area (TPSA) is 12.0 Å². The van der Waals surface area contributed by atoms with Crippen molar-refractivity contribution in [2.45, 2.75) is 33.2 Å². The first-order chi connectivity index (χ1) is 6.63. The van der Waals surface area contributed by atoms with Gasteiger partial charge in [-0.05, 0) is 47.4 Å². The minimum Gasteiger partial charge on any atom is -0.309 e. The normalized spacial score (nSPS) is 15.4. The molecular weight excluding hydrogens is 258 g/mol. The molecule has 0 aliphatic rings. The van der Waals surface area contributed by atoms with Crippen LogP contribution in [0, 0.1) is 5.92 Å². The number of rotatable bonds is 5. The van der Waals surface area contributed by atoms with E-state index in [-0.39, 0.29) is 0 Å². The molecule has 0 bridgehead atoms. The van der Waals surface area contributed by atoms with Crippen molar-refractivity contribution in [2.75, 3.05) is 6.54 Å². The van der Waals surface area contributed by atoms with Crippen LogP contribution in [0.3, 0.4) is 0 Å². The van der Waals surface area contributed by atoms with Gasteiger partial charge in [-0.15, -0.1) is 11.3 Å². The largest absolute Gasteiger partial charge is 0.309 e. The second-order valence-corrected chi connectivity index (χ2v) is 6.28. The van der Waals surface area contributed by atoms with Crippen molar-refractivity contribution in [3.8, 4) is 0 Å². The van der Waals surface area contributed by atoms with Crippen molar-refractivity contribution in [1.82, 2.24) is 5.32 Å². The fourth-order valence-corrected chi connectivity index (χ4v) is 2.63. The van der Waals surface area contributed by atoms with E-state index >= 15 is 0 Å². The summed E-state index contributed by atoms with van der Waals surface area (Å²) in [5.41, 5.74) is 0. The van der Waals surface area contributed by atoms with Crippen LogP contribution in [-0.2, 0) is 0 Å². The molecule has 80 valence electrons. The molecular formula is C11H18BrNS. The van der Waals surface area contributed by atoms with E-state index in [1.54, 1.807) is 0 Å². The third-order valence-electron chi connectivity index (χ3n) is 2.49. The van der Waals surface area contributed by atoms with Gasteiger partial charge in [0.05, 0.1) is 3.79 Å². The monoisotopic (exact) mass is 275 g/mol. The molecule has 1 aromatic heterocycles. The Morgan fingerprint density at radius 1 is 1.43 bits per heavy atom. The number of halogens is 1. The summed E-state index contributed by atoms with van der Waals surface area (Å²) < 4.78 is 1.21. The van der Waals surface area contributed by atoms with Crippen molar-refractivity contribution in [3.63, 3.8) is 0 Å². The van der Waals surface area contributed by atoms with Crippen molar-refractivity contribution >= 4 is 27.3 Å². The molecule has 0 amide bonds. The van der Waals surface area contributed by atoms with Crippen LogP contribution >= 0.6 is 27.3 Å². The van der Waals surface area contributed by atoms with Crippen molar-refractivity contribution in [2.24, 2.45) is 5.92 Å². The van der Waals surface area contributed by atoms with E-state index < -0.39 is 0 Å². The molecule has 0 aromatic carbocycles. The smallest absolute Gasteiger partial charge is 0.0701 e. The van der Waals surface area contributed by atoms with Crippen LogP contribution in [0.1, 0.15) is 38.1 Å². The second kappa shape index (κ2) is 5.89. The SMILES string of the molecule is CCC(C)CNC(C)c1ccc(Br)s1. The fraction of sp³-hybridized carbons (Fsp3) is 0.636. The molecule has 3 heteroatoms.